The van der Waals surface area contributed by atoms with E-state index in [0.717, 1.165) is 0 Å². The van der Waals surface area contributed by atoms with Gasteiger partial charge in [0.25, 0.3) is 0 Å². The molecule has 0 aromatic heterocycles. The summed E-state index contributed by atoms with van der Waals surface area (Å²) in [5.74, 6) is 0.167. The van der Waals surface area contributed by atoms with Crippen molar-refractivity contribution in [3.05, 3.63) is 0 Å². The average Bonchev–Trinajstić information content (AvgIpc) is 1.55. The maximum Gasteiger partial charge on any atom is 0.218 e. The number of aliphatic hydroxyl groups is 1. The highest BCUT2D eigenvalue weighted by molar-refractivity contribution is 6.68. The summed E-state index contributed by atoms with van der Waals surface area (Å²) in [6, 6.07) is 0. The van der Waals surface area contributed by atoms with Gasteiger partial charge in [0.05, 0.1) is 0 Å². The molecule has 0 aromatic carbocycles. The second-order valence-electron chi connectivity index (χ2n) is 2.97. The molecule has 0 aliphatic rings. The Bertz CT molecular complexity index is 128. The van der Waals surface area contributed by atoms with Gasteiger partial charge in [0.2, 0.25) is 3.79 Å². The van der Waals surface area contributed by atoms with E-state index in [2.05, 4.69) is 0 Å². The van der Waals surface area contributed by atoms with Crippen LogP contribution in [0.2, 0.25) is 0 Å². The molecule has 0 aromatic rings. The summed E-state index contributed by atoms with van der Waals surface area (Å²) < 4.78 is -1.59. The average molecular weight is 236 g/mol. The summed E-state index contributed by atoms with van der Waals surface area (Å²) in [5.41, 5.74) is -1.27. The van der Waals surface area contributed by atoms with Crippen molar-refractivity contribution in [3.8, 4) is 0 Å². The van der Waals surface area contributed by atoms with Crippen LogP contribution in [0.25, 0.3) is 0 Å². The molecule has 0 fully saturated rings. The van der Waals surface area contributed by atoms with Crippen molar-refractivity contribution in [2.45, 2.75) is 37.1 Å². The molecular weight excluding hydrogens is 222 g/mol. The van der Waals surface area contributed by atoms with Crippen molar-refractivity contribution < 1.29 is 9.90 Å². The quantitative estimate of drug-likeness (QED) is 0.656. The summed E-state index contributed by atoms with van der Waals surface area (Å²) in [6.07, 6.45) is 0. The lowest BCUT2D eigenvalue weighted by Crippen LogP contribution is -2.35. The fourth-order valence-electron chi connectivity index (χ4n) is 0. The summed E-state index contributed by atoms with van der Waals surface area (Å²) in [6.45, 7) is 5.92. The Morgan fingerprint density at radius 2 is 1.25 bits per heavy atom. The van der Waals surface area contributed by atoms with Crippen LogP contribution in [0.5, 0.6) is 0 Å². The van der Waals surface area contributed by atoms with Crippen molar-refractivity contribution in [1.82, 2.24) is 0 Å². The Hall–Kier alpha value is 0.500. The second-order valence-corrected chi connectivity index (χ2v) is 5.25. The summed E-state index contributed by atoms with van der Waals surface area (Å²) in [5, 5.41) is 8.96. The van der Waals surface area contributed by atoms with E-state index in [1.54, 1.807) is 0 Å². The third-order valence-electron chi connectivity index (χ3n) is 0.694. The van der Waals surface area contributed by atoms with Crippen molar-refractivity contribution in [2.75, 3.05) is 0 Å². The number of ketones is 1. The Balaban J connectivity index is 0. The van der Waals surface area contributed by atoms with Crippen LogP contribution in [-0.4, -0.2) is 20.3 Å². The highest BCUT2D eigenvalue weighted by Crippen LogP contribution is 2.37. The molecule has 0 amide bonds. The Morgan fingerprint density at radius 1 is 1.17 bits per heavy atom. The number of carbonyl (C=O) groups excluding carboxylic acids is 1. The van der Waals surface area contributed by atoms with Gasteiger partial charge in [-0.05, 0) is 27.7 Å². The van der Waals surface area contributed by atoms with Gasteiger partial charge in [0.1, 0.15) is 11.4 Å². The first-order valence-electron chi connectivity index (χ1n) is 3.24. The molecule has 0 rings (SSSR count). The standard InChI is InChI=1S/C4H7Cl3O.C3H6O/c1-3(2,8)4(5,6)7;1-3(2)4/h8H,1-2H3;1-2H3. The lowest BCUT2D eigenvalue weighted by molar-refractivity contribution is -0.114. The first kappa shape index (κ1) is 15.0. The van der Waals surface area contributed by atoms with Gasteiger partial charge in [0.15, 0.2) is 0 Å². The highest BCUT2D eigenvalue weighted by Gasteiger charge is 2.38. The smallest absolute Gasteiger partial charge is 0.218 e. The molecule has 74 valence electrons. The van der Waals surface area contributed by atoms with Crippen LogP contribution in [0.3, 0.4) is 0 Å². The topological polar surface area (TPSA) is 37.3 Å². The Kier molecular flexibility index (Phi) is 6.59. The van der Waals surface area contributed by atoms with E-state index in [1.165, 1.54) is 27.7 Å². The summed E-state index contributed by atoms with van der Waals surface area (Å²) in [4.78, 5) is 9.44. The number of halogens is 3. The second kappa shape index (κ2) is 5.28. The van der Waals surface area contributed by atoms with Gasteiger partial charge < -0.3 is 9.90 Å². The van der Waals surface area contributed by atoms with Crippen molar-refractivity contribution in [1.29, 1.82) is 0 Å². The minimum Gasteiger partial charge on any atom is -0.386 e. The van der Waals surface area contributed by atoms with Gasteiger partial charge in [-0.15, -0.1) is 0 Å². The predicted molar refractivity (Wildman–Crippen MR) is 52.9 cm³/mol. The van der Waals surface area contributed by atoms with E-state index in [4.69, 9.17) is 39.9 Å². The van der Waals surface area contributed by atoms with Crippen LogP contribution >= 0.6 is 34.8 Å². The van der Waals surface area contributed by atoms with Gasteiger partial charge in [-0.1, -0.05) is 34.8 Å². The number of carbonyl (C=O) groups is 1. The van der Waals surface area contributed by atoms with E-state index in [9.17, 15) is 4.79 Å². The third kappa shape index (κ3) is 10.5. The lowest BCUT2D eigenvalue weighted by Gasteiger charge is -2.25. The fraction of sp³-hybridized carbons (Fsp3) is 0.857. The molecule has 0 spiro atoms. The van der Waals surface area contributed by atoms with Crippen LogP contribution in [0.15, 0.2) is 0 Å². The minimum absolute atomic E-state index is 0.167. The molecule has 0 saturated heterocycles. The Morgan fingerprint density at radius 3 is 1.25 bits per heavy atom. The SMILES string of the molecule is CC(C)(O)C(Cl)(Cl)Cl.CC(C)=O. The fourth-order valence-corrected chi connectivity index (χ4v) is 0. The van der Waals surface area contributed by atoms with E-state index >= 15 is 0 Å². The molecule has 0 atom stereocenters. The zero-order valence-corrected chi connectivity index (χ0v) is 9.76. The molecule has 0 radical (unpaired) electrons. The van der Waals surface area contributed by atoms with Gasteiger partial charge >= 0.3 is 0 Å². The van der Waals surface area contributed by atoms with E-state index in [0.29, 0.717) is 0 Å². The van der Waals surface area contributed by atoms with Crippen LogP contribution in [0, 0.1) is 0 Å². The number of Topliss-reactive ketones (excluding diaryl/α,β-unsaturated/α-hetero) is 1. The number of rotatable bonds is 0. The number of hydrogen-bond acceptors (Lipinski definition) is 2. The highest BCUT2D eigenvalue weighted by atomic mass is 35.6. The van der Waals surface area contributed by atoms with Crippen LogP contribution < -0.4 is 0 Å². The number of hydrogen-bond donors (Lipinski definition) is 1. The molecule has 12 heavy (non-hydrogen) atoms. The Labute approximate surface area is 87.8 Å². The van der Waals surface area contributed by atoms with Gasteiger partial charge in [-0.2, -0.15) is 0 Å². The molecular formula is C7H13Cl3O2. The zero-order chi connectivity index (χ0) is 10.6. The molecule has 0 bridgehead atoms. The first-order valence-corrected chi connectivity index (χ1v) is 4.38. The van der Waals surface area contributed by atoms with Gasteiger partial charge in [-0.3, -0.25) is 0 Å². The van der Waals surface area contributed by atoms with E-state index < -0.39 is 9.39 Å². The monoisotopic (exact) mass is 234 g/mol. The molecule has 1 N–H and O–H groups in total. The molecule has 0 saturated carbocycles. The predicted octanol–water partition coefficient (Wildman–Crippen LogP) is 2.72. The van der Waals surface area contributed by atoms with E-state index in [-0.39, 0.29) is 5.78 Å². The van der Waals surface area contributed by atoms with Gasteiger partial charge in [0, 0.05) is 0 Å². The summed E-state index contributed by atoms with van der Waals surface area (Å²) in [7, 11) is 0. The molecule has 2 nitrogen and oxygen atoms in total. The minimum atomic E-state index is -1.59. The lowest BCUT2D eigenvalue weighted by atomic mass is 10.2. The van der Waals surface area contributed by atoms with Crippen molar-refractivity contribution >= 4 is 40.6 Å². The van der Waals surface area contributed by atoms with E-state index in [1.807, 2.05) is 0 Å². The molecule has 0 heterocycles. The zero-order valence-electron chi connectivity index (χ0n) is 7.49. The maximum absolute atomic E-state index is 9.44. The van der Waals surface area contributed by atoms with Crippen LogP contribution in [0.4, 0.5) is 0 Å². The molecule has 0 aliphatic carbocycles. The normalized spacial score (nSPS) is 11.7. The molecule has 0 unspecified atom stereocenters. The molecule has 0 aliphatic heterocycles. The molecule has 5 heteroatoms. The third-order valence-corrected chi connectivity index (χ3v) is 2.08. The number of alkyl halides is 3. The summed E-state index contributed by atoms with van der Waals surface area (Å²) >= 11 is 15.9. The van der Waals surface area contributed by atoms with Gasteiger partial charge in [-0.25, -0.2) is 0 Å². The first-order chi connectivity index (χ1) is 4.98. The van der Waals surface area contributed by atoms with Crippen molar-refractivity contribution in [2.24, 2.45) is 0 Å². The maximum atomic E-state index is 9.44. The largest absolute Gasteiger partial charge is 0.386 e. The van der Waals surface area contributed by atoms with Crippen molar-refractivity contribution in [3.63, 3.8) is 0 Å². The van der Waals surface area contributed by atoms with Crippen LogP contribution in [-0.2, 0) is 4.79 Å². The van der Waals surface area contributed by atoms with Crippen LogP contribution in [0.1, 0.15) is 27.7 Å².